The second kappa shape index (κ2) is 6.57. The number of aromatic nitrogens is 2. The van der Waals surface area contributed by atoms with E-state index in [0.717, 1.165) is 41.7 Å². The number of nitrogen functional groups attached to an aromatic ring is 1. The van der Waals surface area contributed by atoms with Gasteiger partial charge in [-0.2, -0.15) is 0 Å². The number of hydrogen-bond acceptors (Lipinski definition) is 4. The highest BCUT2D eigenvalue weighted by atomic mass is 15.2. The van der Waals surface area contributed by atoms with Crippen LogP contribution in [0.1, 0.15) is 43.8 Å². The first-order chi connectivity index (χ1) is 10.0. The molecule has 0 fully saturated rings. The van der Waals surface area contributed by atoms with E-state index in [1.54, 1.807) is 0 Å². The first-order valence-electron chi connectivity index (χ1n) is 7.45. The number of para-hydroxylation sites is 1. The third kappa shape index (κ3) is 3.72. The minimum absolute atomic E-state index is 0.323. The molecule has 0 amide bonds. The Morgan fingerprint density at radius 3 is 2.52 bits per heavy atom. The lowest BCUT2D eigenvalue weighted by Crippen LogP contribution is -2.24. The molecule has 0 saturated carbocycles. The maximum atomic E-state index is 6.05. The minimum atomic E-state index is 0.323. The smallest absolute Gasteiger partial charge is 0.133 e. The van der Waals surface area contributed by atoms with Crippen molar-refractivity contribution in [2.24, 2.45) is 0 Å². The number of aryl methyl sites for hydroxylation is 1. The van der Waals surface area contributed by atoms with Crippen molar-refractivity contribution in [3.8, 4) is 0 Å². The fraction of sp³-hybridized carbons (Fsp3) is 0.412. The van der Waals surface area contributed by atoms with E-state index < -0.39 is 0 Å². The molecule has 4 heteroatoms. The molecule has 0 radical (unpaired) electrons. The fourth-order valence-corrected chi connectivity index (χ4v) is 2.23. The van der Waals surface area contributed by atoms with Crippen LogP contribution in [-0.4, -0.2) is 16.5 Å². The maximum Gasteiger partial charge on any atom is 0.133 e. The zero-order chi connectivity index (χ0) is 15.4. The van der Waals surface area contributed by atoms with Crippen molar-refractivity contribution < 1.29 is 0 Å². The molecule has 112 valence electrons. The molecule has 0 aliphatic rings. The van der Waals surface area contributed by atoms with Crippen molar-refractivity contribution in [3.63, 3.8) is 0 Å². The van der Waals surface area contributed by atoms with Crippen LogP contribution in [0, 0.1) is 6.92 Å². The SMILES string of the molecule is CCN(Cc1ccccc1N)c1cc(C)nc(C(C)C)n1. The predicted molar refractivity (Wildman–Crippen MR) is 88.4 cm³/mol. The van der Waals surface area contributed by atoms with Gasteiger partial charge in [0.15, 0.2) is 0 Å². The first-order valence-corrected chi connectivity index (χ1v) is 7.45. The lowest BCUT2D eigenvalue weighted by Gasteiger charge is -2.24. The fourth-order valence-electron chi connectivity index (χ4n) is 2.23. The Balaban J connectivity index is 2.31. The van der Waals surface area contributed by atoms with Crippen LogP contribution in [0.2, 0.25) is 0 Å². The standard InChI is InChI=1S/C17H24N4/c1-5-21(11-14-8-6-7-9-15(14)18)16-10-13(4)19-17(20-16)12(2)3/h6-10,12H,5,11,18H2,1-4H3. The Hall–Kier alpha value is -2.10. The van der Waals surface area contributed by atoms with Crippen molar-refractivity contribution >= 4 is 11.5 Å². The Bertz CT molecular complexity index is 607. The molecule has 1 aromatic heterocycles. The molecule has 2 rings (SSSR count). The summed E-state index contributed by atoms with van der Waals surface area (Å²) in [6, 6.07) is 10.0. The molecular formula is C17H24N4. The van der Waals surface area contributed by atoms with Crippen molar-refractivity contribution in [1.82, 2.24) is 9.97 Å². The molecule has 21 heavy (non-hydrogen) atoms. The molecule has 0 unspecified atom stereocenters. The van der Waals surface area contributed by atoms with E-state index in [-0.39, 0.29) is 0 Å². The molecule has 0 aliphatic carbocycles. The number of nitrogens with zero attached hydrogens (tertiary/aromatic N) is 3. The zero-order valence-corrected chi connectivity index (χ0v) is 13.3. The van der Waals surface area contributed by atoms with Crippen LogP contribution in [0.25, 0.3) is 0 Å². The van der Waals surface area contributed by atoms with Gasteiger partial charge in [0.1, 0.15) is 11.6 Å². The molecule has 0 spiro atoms. The lowest BCUT2D eigenvalue weighted by molar-refractivity contribution is 0.741. The summed E-state index contributed by atoms with van der Waals surface area (Å²) in [6.07, 6.45) is 0. The second-order valence-corrected chi connectivity index (χ2v) is 5.59. The third-order valence-corrected chi connectivity index (χ3v) is 3.50. The lowest BCUT2D eigenvalue weighted by atomic mass is 10.1. The normalized spacial score (nSPS) is 10.9. The summed E-state index contributed by atoms with van der Waals surface area (Å²) in [6.45, 7) is 10.0. The van der Waals surface area contributed by atoms with Crippen molar-refractivity contribution in [2.45, 2.75) is 40.2 Å². The van der Waals surface area contributed by atoms with Gasteiger partial charge < -0.3 is 10.6 Å². The number of anilines is 2. The average Bonchev–Trinajstić information content (AvgIpc) is 2.45. The van der Waals surface area contributed by atoms with E-state index in [2.05, 4.69) is 36.7 Å². The van der Waals surface area contributed by atoms with Gasteiger partial charge in [-0.1, -0.05) is 32.0 Å². The summed E-state index contributed by atoms with van der Waals surface area (Å²) < 4.78 is 0. The van der Waals surface area contributed by atoms with Gasteiger partial charge in [0.25, 0.3) is 0 Å². The maximum absolute atomic E-state index is 6.05. The molecule has 2 aromatic rings. The molecule has 0 saturated heterocycles. The van der Waals surface area contributed by atoms with E-state index in [0.29, 0.717) is 5.92 Å². The molecule has 0 bridgehead atoms. The van der Waals surface area contributed by atoms with Crippen LogP contribution in [0.4, 0.5) is 11.5 Å². The number of nitrogens with two attached hydrogens (primary N) is 1. The minimum Gasteiger partial charge on any atom is -0.398 e. The summed E-state index contributed by atoms with van der Waals surface area (Å²) in [4.78, 5) is 11.4. The van der Waals surface area contributed by atoms with Crippen LogP contribution in [0.3, 0.4) is 0 Å². The highest BCUT2D eigenvalue weighted by Gasteiger charge is 2.12. The van der Waals surface area contributed by atoms with E-state index in [9.17, 15) is 0 Å². The molecule has 0 aliphatic heterocycles. The molecule has 4 nitrogen and oxygen atoms in total. The van der Waals surface area contributed by atoms with Crippen LogP contribution >= 0.6 is 0 Å². The van der Waals surface area contributed by atoms with E-state index in [1.165, 1.54) is 0 Å². The van der Waals surface area contributed by atoms with Gasteiger partial charge in [0.05, 0.1) is 0 Å². The van der Waals surface area contributed by atoms with Crippen LogP contribution in [-0.2, 0) is 6.54 Å². The largest absolute Gasteiger partial charge is 0.398 e. The highest BCUT2D eigenvalue weighted by molar-refractivity contribution is 5.50. The van der Waals surface area contributed by atoms with Crippen molar-refractivity contribution in [3.05, 3.63) is 47.4 Å². The first kappa shape index (κ1) is 15.3. The Labute approximate surface area is 127 Å². The summed E-state index contributed by atoms with van der Waals surface area (Å²) in [5, 5.41) is 0. The molecule has 1 heterocycles. The average molecular weight is 284 g/mol. The molecule has 2 N–H and O–H groups in total. The quantitative estimate of drug-likeness (QED) is 0.854. The summed E-state index contributed by atoms with van der Waals surface area (Å²) in [5.74, 6) is 2.19. The van der Waals surface area contributed by atoms with Gasteiger partial charge in [-0.25, -0.2) is 9.97 Å². The Morgan fingerprint density at radius 2 is 1.90 bits per heavy atom. The van der Waals surface area contributed by atoms with Crippen molar-refractivity contribution in [2.75, 3.05) is 17.2 Å². The second-order valence-electron chi connectivity index (χ2n) is 5.59. The molecule has 0 atom stereocenters. The van der Waals surface area contributed by atoms with Gasteiger partial charge in [-0.05, 0) is 25.5 Å². The van der Waals surface area contributed by atoms with Crippen LogP contribution in [0.5, 0.6) is 0 Å². The number of hydrogen-bond donors (Lipinski definition) is 1. The molecule has 1 aromatic carbocycles. The zero-order valence-electron chi connectivity index (χ0n) is 13.3. The number of rotatable bonds is 5. The predicted octanol–water partition coefficient (Wildman–Crippen LogP) is 3.52. The van der Waals surface area contributed by atoms with Gasteiger partial charge in [-0.3, -0.25) is 0 Å². The number of benzene rings is 1. The Morgan fingerprint density at radius 1 is 1.19 bits per heavy atom. The van der Waals surface area contributed by atoms with Crippen LogP contribution in [0.15, 0.2) is 30.3 Å². The summed E-state index contributed by atoms with van der Waals surface area (Å²) in [7, 11) is 0. The topological polar surface area (TPSA) is 55.0 Å². The molecular weight excluding hydrogens is 260 g/mol. The Kier molecular flexibility index (Phi) is 4.78. The monoisotopic (exact) mass is 284 g/mol. The van der Waals surface area contributed by atoms with E-state index >= 15 is 0 Å². The third-order valence-electron chi connectivity index (χ3n) is 3.50. The van der Waals surface area contributed by atoms with Gasteiger partial charge >= 0.3 is 0 Å². The van der Waals surface area contributed by atoms with E-state index in [1.807, 2.05) is 31.2 Å². The highest BCUT2D eigenvalue weighted by Crippen LogP contribution is 2.21. The van der Waals surface area contributed by atoms with Crippen LogP contribution < -0.4 is 10.6 Å². The summed E-state index contributed by atoms with van der Waals surface area (Å²) >= 11 is 0. The van der Waals surface area contributed by atoms with E-state index in [4.69, 9.17) is 10.7 Å². The van der Waals surface area contributed by atoms with Gasteiger partial charge in [0, 0.05) is 36.5 Å². The summed E-state index contributed by atoms with van der Waals surface area (Å²) in [5.41, 5.74) is 9.00. The van der Waals surface area contributed by atoms with Gasteiger partial charge in [0.2, 0.25) is 0 Å². The van der Waals surface area contributed by atoms with Crippen molar-refractivity contribution in [1.29, 1.82) is 0 Å². The van der Waals surface area contributed by atoms with Gasteiger partial charge in [-0.15, -0.1) is 0 Å².